The van der Waals surface area contributed by atoms with Gasteiger partial charge in [-0.1, -0.05) is 0 Å². The predicted molar refractivity (Wildman–Crippen MR) is 111 cm³/mol. The Morgan fingerprint density at radius 1 is 1.23 bits per heavy atom. The highest BCUT2D eigenvalue weighted by molar-refractivity contribution is 5.71. The number of fused-ring (bicyclic) bond motifs is 1. The monoisotopic (exact) mass is 417 g/mol. The van der Waals surface area contributed by atoms with Crippen molar-refractivity contribution in [2.24, 2.45) is 5.92 Å². The number of amides is 1. The number of hydrogen-bond donors (Lipinski definition) is 0. The van der Waals surface area contributed by atoms with E-state index < -0.39 is 5.60 Å². The highest BCUT2D eigenvalue weighted by Crippen LogP contribution is 2.25. The summed E-state index contributed by atoms with van der Waals surface area (Å²) in [5.41, 5.74) is 1.69. The largest absolute Gasteiger partial charge is 0.469 e. The molecule has 2 aromatic heterocycles. The number of likely N-dealkylation sites (tertiary alicyclic amines) is 1. The number of aromatic nitrogens is 2. The molecular formula is C22H31N3O5. The number of esters is 1. The van der Waals surface area contributed by atoms with Crippen molar-refractivity contribution in [3.63, 3.8) is 0 Å². The van der Waals surface area contributed by atoms with E-state index in [1.54, 1.807) is 11.1 Å². The van der Waals surface area contributed by atoms with Gasteiger partial charge in [0.1, 0.15) is 5.60 Å². The maximum absolute atomic E-state index is 12.2. The minimum absolute atomic E-state index is 0.228. The van der Waals surface area contributed by atoms with Gasteiger partial charge in [-0.25, -0.2) is 9.78 Å². The first kappa shape index (κ1) is 22.1. The number of carbonyl (C=O) groups excluding carboxylic acids is 2. The molecule has 0 unspecified atom stereocenters. The van der Waals surface area contributed by atoms with Gasteiger partial charge in [0.05, 0.1) is 7.11 Å². The average molecular weight is 418 g/mol. The maximum atomic E-state index is 12.2. The Morgan fingerprint density at radius 2 is 1.97 bits per heavy atom. The van der Waals surface area contributed by atoms with Crippen molar-refractivity contribution in [2.75, 3.05) is 20.2 Å². The van der Waals surface area contributed by atoms with E-state index in [2.05, 4.69) is 14.7 Å². The highest BCUT2D eigenvalue weighted by Gasteiger charge is 2.27. The zero-order chi connectivity index (χ0) is 21.7. The molecule has 0 N–H and O–H groups in total. The van der Waals surface area contributed by atoms with Crippen LogP contribution >= 0.6 is 0 Å². The van der Waals surface area contributed by atoms with E-state index in [-0.39, 0.29) is 12.1 Å². The minimum atomic E-state index is -0.464. The molecule has 1 aliphatic rings. The van der Waals surface area contributed by atoms with Crippen LogP contribution < -0.4 is 0 Å². The molecule has 1 saturated heterocycles. The first-order valence-corrected chi connectivity index (χ1v) is 10.5. The number of aryl methyl sites for hydroxylation is 2. The van der Waals surface area contributed by atoms with Gasteiger partial charge >= 0.3 is 12.1 Å². The van der Waals surface area contributed by atoms with Crippen molar-refractivity contribution in [2.45, 2.75) is 64.9 Å². The summed E-state index contributed by atoms with van der Waals surface area (Å²) in [6.45, 7) is 7.09. The predicted octanol–water partition coefficient (Wildman–Crippen LogP) is 3.91. The van der Waals surface area contributed by atoms with E-state index in [1.165, 1.54) is 7.11 Å². The molecule has 8 nitrogen and oxygen atoms in total. The highest BCUT2D eigenvalue weighted by atomic mass is 16.6. The van der Waals surface area contributed by atoms with Gasteiger partial charge in [0.25, 0.3) is 0 Å². The van der Waals surface area contributed by atoms with Crippen molar-refractivity contribution in [3.05, 3.63) is 23.7 Å². The number of carbonyl (C=O) groups is 2. The van der Waals surface area contributed by atoms with Crippen LogP contribution in [0, 0.1) is 5.92 Å². The molecule has 0 saturated carbocycles. The van der Waals surface area contributed by atoms with Gasteiger partial charge in [-0.3, -0.25) is 4.79 Å². The number of nitrogens with zero attached hydrogens (tertiary/aromatic N) is 3. The van der Waals surface area contributed by atoms with E-state index in [0.717, 1.165) is 44.3 Å². The molecule has 30 heavy (non-hydrogen) atoms. The Labute approximate surface area is 176 Å². The van der Waals surface area contributed by atoms with Gasteiger partial charge in [0.15, 0.2) is 17.1 Å². The summed E-state index contributed by atoms with van der Waals surface area (Å²) in [4.78, 5) is 34.1. The average Bonchev–Trinajstić information content (AvgIpc) is 3.11. The molecule has 2 aromatic rings. The third kappa shape index (κ3) is 6.18. The lowest BCUT2D eigenvalue weighted by Gasteiger charge is -2.33. The van der Waals surface area contributed by atoms with Crippen LogP contribution in [-0.2, 0) is 27.1 Å². The van der Waals surface area contributed by atoms with E-state index in [4.69, 9.17) is 9.15 Å². The zero-order valence-corrected chi connectivity index (χ0v) is 18.3. The number of hydrogen-bond acceptors (Lipinski definition) is 7. The first-order valence-electron chi connectivity index (χ1n) is 10.5. The minimum Gasteiger partial charge on any atom is -0.469 e. The third-order valence-corrected chi connectivity index (χ3v) is 5.23. The van der Waals surface area contributed by atoms with Crippen molar-refractivity contribution in [3.8, 4) is 0 Å². The van der Waals surface area contributed by atoms with Crippen LogP contribution in [0.3, 0.4) is 0 Å². The lowest BCUT2D eigenvalue weighted by molar-refractivity contribution is -0.140. The Morgan fingerprint density at radius 3 is 2.63 bits per heavy atom. The molecule has 164 valence electrons. The molecule has 3 heterocycles. The number of pyridine rings is 1. The lowest BCUT2D eigenvalue weighted by atomic mass is 9.92. The number of oxazole rings is 1. The second-order valence-corrected chi connectivity index (χ2v) is 8.80. The lowest BCUT2D eigenvalue weighted by Crippen LogP contribution is -2.41. The fraction of sp³-hybridized carbons (Fsp3) is 0.636. The van der Waals surface area contributed by atoms with Gasteiger partial charge in [-0.05, 0) is 64.0 Å². The van der Waals surface area contributed by atoms with E-state index in [9.17, 15) is 9.59 Å². The van der Waals surface area contributed by atoms with Crippen LogP contribution in [0.5, 0.6) is 0 Å². The molecule has 0 radical (unpaired) electrons. The molecule has 1 amide bonds. The molecular weight excluding hydrogens is 386 g/mol. The van der Waals surface area contributed by atoms with Crippen LogP contribution in [-0.4, -0.2) is 52.7 Å². The molecule has 0 aliphatic carbocycles. The van der Waals surface area contributed by atoms with Crippen molar-refractivity contribution in [1.29, 1.82) is 0 Å². The number of piperidine rings is 1. The van der Waals surface area contributed by atoms with Crippen molar-refractivity contribution < 1.29 is 23.5 Å². The van der Waals surface area contributed by atoms with E-state index in [1.807, 2.05) is 26.8 Å². The summed E-state index contributed by atoms with van der Waals surface area (Å²) in [7, 11) is 1.38. The Kier molecular flexibility index (Phi) is 6.95. The van der Waals surface area contributed by atoms with Crippen LogP contribution in [0.15, 0.2) is 16.7 Å². The maximum Gasteiger partial charge on any atom is 0.410 e. The SMILES string of the molecule is COC(=O)CCc1cnc2nc(CCC3CCN(C(=O)OC(C)(C)C)CC3)oc2c1. The number of rotatable bonds is 6. The molecule has 1 fully saturated rings. The standard InChI is InChI=1S/C22H31N3O5/c1-22(2,3)30-21(27)25-11-9-15(10-12-25)5-7-18-24-20-17(29-18)13-16(14-23-20)6-8-19(26)28-4/h13-15H,5-12H2,1-4H3. The van der Waals surface area contributed by atoms with Crippen molar-refractivity contribution >= 4 is 23.3 Å². The normalized spacial score (nSPS) is 15.4. The second kappa shape index (κ2) is 9.45. The second-order valence-electron chi connectivity index (χ2n) is 8.80. The first-order chi connectivity index (χ1) is 14.2. The van der Waals surface area contributed by atoms with Crippen molar-refractivity contribution in [1.82, 2.24) is 14.9 Å². The molecule has 0 atom stereocenters. The van der Waals surface area contributed by atoms with Gasteiger partial charge in [0.2, 0.25) is 0 Å². The van der Waals surface area contributed by atoms with Gasteiger partial charge in [-0.2, -0.15) is 4.98 Å². The van der Waals surface area contributed by atoms with Crippen LogP contribution in [0.4, 0.5) is 4.79 Å². The Balaban J connectivity index is 1.48. The molecule has 3 rings (SSSR count). The Hall–Kier alpha value is -2.64. The zero-order valence-electron chi connectivity index (χ0n) is 18.3. The summed E-state index contributed by atoms with van der Waals surface area (Å²) >= 11 is 0. The number of methoxy groups -OCH3 is 1. The van der Waals surface area contributed by atoms with Gasteiger partial charge < -0.3 is 18.8 Å². The molecule has 0 aromatic carbocycles. The van der Waals surface area contributed by atoms with Crippen LogP contribution in [0.25, 0.3) is 11.2 Å². The summed E-state index contributed by atoms with van der Waals surface area (Å²) in [5, 5.41) is 0. The van der Waals surface area contributed by atoms with Gasteiger partial charge in [0, 0.05) is 32.1 Å². The van der Waals surface area contributed by atoms with Crippen LogP contribution in [0.1, 0.15) is 57.9 Å². The Bertz CT molecular complexity index is 879. The summed E-state index contributed by atoms with van der Waals surface area (Å²) in [6.07, 6.45) is 5.98. The van der Waals surface area contributed by atoms with Gasteiger partial charge in [-0.15, -0.1) is 0 Å². The van der Waals surface area contributed by atoms with Crippen LogP contribution in [0.2, 0.25) is 0 Å². The fourth-order valence-electron chi connectivity index (χ4n) is 3.56. The molecule has 8 heteroatoms. The van der Waals surface area contributed by atoms with E-state index >= 15 is 0 Å². The molecule has 0 bridgehead atoms. The quantitative estimate of drug-likeness (QED) is 0.658. The summed E-state index contributed by atoms with van der Waals surface area (Å²) in [6, 6.07) is 1.89. The smallest absolute Gasteiger partial charge is 0.410 e. The summed E-state index contributed by atoms with van der Waals surface area (Å²) < 4.78 is 16.0. The summed E-state index contributed by atoms with van der Waals surface area (Å²) in [5.74, 6) is 0.963. The fourth-order valence-corrected chi connectivity index (χ4v) is 3.56. The topological polar surface area (TPSA) is 94.8 Å². The third-order valence-electron chi connectivity index (χ3n) is 5.23. The molecule has 0 spiro atoms. The molecule has 1 aliphatic heterocycles. The number of ether oxygens (including phenoxy) is 2. The van der Waals surface area contributed by atoms with E-state index in [0.29, 0.717) is 35.9 Å².